The number of benzene rings is 4. The highest BCUT2D eigenvalue weighted by Gasteiger charge is 2.35. The summed E-state index contributed by atoms with van der Waals surface area (Å²) in [4.78, 5) is 26.5. The van der Waals surface area contributed by atoms with E-state index in [2.05, 4.69) is 0 Å². The second-order valence-electron chi connectivity index (χ2n) is 10.4. The normalized spacial score (nSPS) is 17.1. The van der Waals surface area contributed by atoms with Crippen molar-refractivity contribution in [1.82, 2.24) is 0 Å². The Morgan fingerprint density at radius 1 is 0.614 bits per heavy atom. The first-order valence-electron chi connectivity index (χ1n) is 13.8. The number of ketones is 2. The topological polar surface area (TPSA) is 130 Å². The summed E-state index contributed by atoms with van der Waals surface area (Å²) in [6.45, 7) is 0. The number of hydrogen-bond acceptors (Lipinski definition) is 10. The monoisotopic (exact) mass is 598 g/mol. The molecule has 0 amide bonds. The lowest BCUT2D eigenvalue weighted by Crippen LogP contribution is -2.21. The summed E-state index contributed by atoms with van der Waals surface area (Å²) in [6, 6.07) is 16.7. The maximum atomic E-state index is 13.4. The Kier molecular flexibility index (Phi) is 7.42. The number of ether oxygens (including phenoxy) is 6. The van der Waals surface area contributed by atoms with Gasteiger partial charge in [-0.2, -0.15) is 0 Å². The Bertz CT molecular complexity index is 1790. The third-order valence-corrected chi connectivity index (χ3v) is 7.92. The minimum atomic E-state index is -0.679. The fourth-order valence-corrected chi connectivity index (χ4v) is 5.72. The molecule has 6 rings (SSSR count). The minimum absolute atomic E-state index is 0.00438. The van der Waals surface area contributed by atoms with Crippen LogP contribution in [0.2, 0.25) is 0 Å². The SMILES string of the molecule is COc1cc(O)c2c(c1)O[C@H](c1ccc(OC)c(-c3ccc(O)c4c3O[C@H](c3ccc(OC)c(OC)c3)CC4=O)c1)CC2=O. The van der Waals surface area contributed by atoms with Crippen molar-refractivity contribution >= 4 is 11.6 Å². The first-order chi connectivity index (χ1) is 21.3. The average molecular weight is 599 g/mol. The van der Waals surface area contributed by atoms with Crippen molar-refractivity contribution in [2.45, 2.75) is 25.0 Å². The van der Waals surface area contributed by atoms with Crippen LogP contribution in [0.4, 0.5) is 0 Å². The number of rotatable bonds is 7. The molecule has 44 heavy (non-hydrogen) atoms. The molecule has 0 aromatic heterocycles. The molecule has 0 spiro atoms. The average Bonchev–Trinajstić information content (AvgIpc) is 3.03. The van der Waals surface area contributed by atoms with E-state index in [0.29, 0.717) is 45.3 Å². The second-order valence-corrected chi connectivity index (χ2v) is 10.4. The van der Waals surface area contributed by atoms with Crippen LogP contribution in [0.25, 0.3) is 11.1 Å². The number of Topliss-reactive ketones (excluding diaryl/α,β-unsaturated/α-hetero) is 2. The molecule has 2 N–H and O–H groups in total. The molecule has 10 heteroatoms. The van der Waals surface area contributed by atoms with E-state index in [0.717, 1.165) is 0 Å². The lowest BCUT2D eigenvalue weighted by atomic mass is 9.89. The van der Waals surface area contributed by atoms with E-state index in [9.17, 15) is 19.8 Å². The zero-order valence-corrected chi connectivity index (χ0v) is 24.5. The Morgan fingerprint density at radius 3 is 1.93 bits per heavy atom. The summed E-state index contributed by atoms with van der Waals surface area (Å²) in [6.07, 6.45) is -1.35. The number of aromatic hydroxyl groups is 2. The van der Waals surface area contributed by atoms with Gasteiger partial charge in [0, 0.05) is 23.3 Å². The molecule has 4 aromatic carbocycles. The zero-order valence-electron chi connectivity index (χ0n) is 24.5. The molecule has 226 valence electrons. The van der Waals surface area contributed by atoms with Crippen molar-refractivity contribution in [1.29, 1.82) is 0 Å². The van der Waals surface area contributed by atoms with Gasteiger partial charge in [0.1, 0.15) is 57.8 Å². The summed E-state index contributed by atoms with van der Waals surface area (Å²) < 4.78 is 34.4. The number of carbonyl (C=O) groups is 2. The van der Waals surface area contributed by atoms with Gasteiger partial charge in [-0.25, -0.2) is 0 Å². The lowest BCUT2D eigenvalue weighted by Gasteiger charge is -2.29. The van der Waals surface area contributed by atoms with Crippen molar-refractivity contribution in [2.75, 3.05) is 28.4 Å². The van der Waals surface area contributed by atoms with Crippen molar-refractivity contribution in [3.8, 4) is 57.1 Å². The summed E-state index contributed by atoms with van der Waals surface area (Å²) in [5.74, 6) is 1.33. The van der Waals surface area contributed by atoms with Crippen LogP contribution in [-0.2, 0) is 0 Å². The van der Waals surface area contributed by atoms with Gasteiger partial charge in [-0.15, -0.1) is 0 Å². The maximum Gasteiger partial charge on any atom is 0.174 e. The largest absolute Gasteiger partial charge is 0.507 e. The van der Waals surface area contributed by atoms with Crippen molar-refractivity contribution < 1.29 is 48.2 Å². The zero-order chi connectivity index (χ0) is 31.1. The van der Waals surface area contributed by atoms with Gasteiger partial charge < -0.3 is 38.6 Å². The molecule has 0 radical (unpaired) electrons. The third kappa shape index (κ3) is 4.88. The van der Waals surface area contributed by atoms with E-state index >= 15 is 0 Å². The molecule has 2 aliphatic rings. The fourth-order valence-electron chi connectivity index (χ4n) is 5.72. The summed E-state index contributed by atoms with van der Waals surface area (Å²) in [7, 11) is 6.05. The second kappa shape index (κ2) is 11.4. The molecule has 0 unspecified atom stereocenters. The molecule has 2 atom stereocenters. The van der Waals surface area contributed by atoms with E-state index in [4.69, 9.17) is 28.4 Å². The van der Waals surface area contributed by atoms with E-state index in [1.807, 2.05) is 6.07 Å². The Balaban J connectivity index is 1.42. The van der Waals surface area contributed by atoms with Crippen molar-refractivity contribution in [2.24, 2.45) is 0 Å². The predicted molar refractivity (Wildman–Crippen MR) is 159 cm³/mol. The first kappa shape index (κ1) is 28.7. The van der Waals surface area contributed by atoms with Gasteiger partial charge in [-0.05, 0) is 47.5 Å². The van der Waals surface area contributed by atoms with Crippen LogP contribution in [0, 0.1) is 0 Å². The van der Waals surface area contributed by atoms with E-state index in [-0.39, 0.29) is 58.5 Å². The lowest BCUT2D eigenvalue weighted by molar-refractivity contribution is 0.0834. The number of methoxy groups -OCH3 is 4. The van der Waals surface area contributed by atoms with Crippen LogP contribution in [0.5, 0.6) is 46.0 Å². The van der Waals surface area contributed by atoms with Crippen LogP contribution in [-0.4, -0.2) is 50.2 Å². The molecule has 0 saturated carbocycles. The van der Waals surface area contributed by atoms with Crippen LogP contribution < -0.4 is 28.4 Å². The summed E-state index contributed by atoms with van der Waals surface area (Å²) in [5.41, 5.74) is 2.61. The highest BCUT2D eigenvalue weighted by molar-refractivity contribution is 6.05. The van der Waals surface area contributed by atoms with E-state index < -0.39 is 12.2 Å². The van der Waals surface area contributed by atoms with Gasteiger partial charge in [-0.1, -0.05) is 12.1 Å². The smallest absolute Gasteiger partial charge is 0.174 e. The molecule has 4 aromatic rings. The molecule has 2 aliphatic heterocycles. The molecular weight excluding hydrogens is 568 g/mol. The minimum Gasteiger partial charge on any atom is -0.507 e. The standard InChI is InChI=1S/C34H30O10/c1-39-19-13-23(36)32-24(37)15-28(43-31(32)14-19)17-5-9-26(40-2)21(11-17)20-7-8-22(35)33-25(38)16-29(44-34(20)33)18-6-10-27(41-3)30(12-18)42-4/h5-14,28-29,35-36H,15-16H2,1-4H3/t28-,29-/m0/s1. The van der Waals surface area contributed by atoms with E-state index in [1.54, 1.807) is 49.6 Å². The van der Waals surface area contributed by atoms with Crippen LogP contribution >= 0.6 is 0 Å². The van der Waals surface area contributed by atoms with Gasteiger partial charge in [0.2, 0.25) is 0 Å². The Labute approximate surface area is 253 Å². The van der Waals surface area contributed by atoms with Gasteiger partial charge in [0.05, 0.1) is 41.3 Å². The number of phenols is 2. The highest BCUT2D eigenvalue weighted by Crippen LogP contribution is 2.49. The van der Waals surface area contributed by atoms with Gasteiger partial charge in [-0.3, -0.25) is 9.59 Å². The fraction of sp³-hybridized carbons (Fsp3) is 0.235. The quantitative estimate of drug-likeness (QED) is 0.253. The van der Waals surface area contributed by atoms with Crippen LogP contribution in [0.15, 0.2) is 60.7 Å². The molecule has 0 bridgehead atoms. The summed E-state index contributed by atoms with van der Waals surface area (Å²) >= 11 is 0. The first-order valence-corrected chi connectivity index (χ1v) is 13.8. The van der Waals surface area contributed by atoms with Crippen molar-refractivity contribution in [3.63, 3.8) is 0 Å². The molecular formula is C34H30O10. The van der Waals surface area contributed by atoms with Crippen LogP contribution in [0.1, 0.15) is 56.9 Å². The maximum absolute atomic E-state index is 13.4. The molecule has 2 heterocycles. The third-order valence-electron chi connectivity index (χ3n) is 7.92. The van der Waals surface area contributed by atoms with Crippen molar-refractivity contribution in [3.05, 3.63) is 82.9 Å². The summed E-state index contributed by atoms with van der Waals surface area (Å²) in [5, 5.41) is 21.1. The molecule has 0 saturated heterocycles. The molecule has 10 nitrogen and oxygen atoms in total. The predicted octanol–water partition coefficient (Wildman–Crippen LogP) is 6.21. The van der Waals surface area contributed by atoms with Gasteiger partial charge in [0.15, 0.2) is 23.1 Å². The number of hydrogen-bond donors (Lipinski definition) is 2. The Morgan fingerprint density at radius 2 is 1.25 bits per heavy atom. The number of fused-ring (bicyclic) bond motifs is 2. The van der Waals surface area contributed by atoms with Gasteiger partial charge >= 0.3 is 0 Å². The van der Waals surface area contributed by atoms with Gasteiger partial charge in [0.25, 0.3) is 0 Å². The van der Waals surface area contributed by atoms with Crippen LogP contribution in [0.3, 0.4) is 0 Å². The molecule has 0 aliphatic carbocycles. The number of phenolic OH excluding ortho intramolecular Hbond substituents is 2. The Hall–Kier alpha value is -5.38. The highest BCUT2D eigenvalue weighted by atomic mass is 16.5. The number of carbonyl (C=O) groups excluding carboxylic acids is 2. The molecule has 0 fully saturated rings. The van der Waals surface area contributed by atoms with E-state index in [1.165, 1.54) is 33.5 Å².